The van der Waals surface area contributed by atoms with E-state index in [1.165, 1.54) is 0 Å². The molecule has 0 aromatic carbocycles. The monoisotopic (exact) mass is 264 g/mol. The Kier molecular flexibility index (Phi) is 4.17. The van der Waals surface area contributed by atoms with Crippen LogP contribution in [-0.2, 0) is 9.59 Å². The van der Waals surface area contributed by atoms with Crippen LogP contribution in [0.25, 0.3) is 0 Å². The van der Waals surface area contributed by atoms with Crippen molar-refractivity contribution in [3.63, 3.8) is 0 Å². The lowest BCUT2D eigenvalue weighted by Gasteiger charge is -2.46. The second kappa shape index (κ2) is 5.38. The van der Waals surface area contributed by atoms with Crippen molar-refractivity contribution in [2.24, 2.45) is 16.7 Å². The van der Waals surface area contributed by atoms with Crippen LogP contribution in [0.4, 0.5) is 0 Å². The molecule has 2 aliphatic carbocycles. The molecule has 2 atom stereocenters. The van der Waals surface area contributed by atoms with Crippen molar-refractivity contribution >= 4 is 11.6 Å². The second-order valence-electron chi connectivity index (χ2n) is 7.33. The number of carbonyl (C=O) groups is 2. The van der Waals surface area contributed by atoms with Crippen LogP contribution in [0.15, 0.2) is 0 Å². The van der Waals surface area contributed by atoms with Crippen LogP contribution in [0.2, 0.25) is 0 Å². The van der Waals surface area contributed by atoms with Gasteiger partial charge in [-0.05, 0) is 31.1 Å². The molecule has 2 rings (SSSR count). The van der Waals surface area contributed by atoms with Crippen molar-refractivity contribution in [2.75, 3.05) is 0 Å². The second-order valence-corrected chi connectivity index (χ2v) is 7.33. The van der Waals surface area contributed by atoms with Gasteiger partial charge >= 0.3 is 0 Å². The summed E-state index contributed by atoms with van der Waals surface area (Å²) in [6.07, 6.45) is 8.73. The fourth-order valence-corrected chi connectivity index (χ4v) is 4.19. The number of hydrogen-bond donors (Lipinski definition) is 0. The molecule has 2 nitrogen and oxygen atoms in total. The molecular formula is C17H28O2. The lowest BCUT2D eigenvalue weighted by Crippen LogP contribution is -2.49. The topological polar surface area (TPSA) is 34.1 Å². The molecule has 108 valence electrons. The summed E-state index contributed by atoms with van der Waals surface area (Å²) in [5.41, 5.74) is -0.490. The van der Waals surface area contributed by atoms with E-state index in [4.69, 9.17) is 0 Å². The fourth-order valence-electron chi connectivity index (χ4n) is 4.19. The highest BCUT2D eigenvalue weighted by molar-refractivity contribution is 5.93. The van der Waals surface area contributed by atoms with Gasteiger partial charge in [0.05, 0.1) is 0 Å². The molecule has 0 bridgehead atoms. The smallest absolute Gasteiger partial charge is 0.140 e. The fraction of sp³-hybridized carbons (Fsp3) is 0.882. The van der Waals surface area contributed by atoms with E-state index in [1.807, 2.05) is 0 Å². The standard InChI is InChI=1S/C17H28O2/c1-16(2)12-8-7-11-15(19)17(16,3)13-9-5-4-6-10-14(13)18/h13H,4-12H2,1-3H3. The molecule has 0 aromatic rings. The zero-order chi connectivity index (χ0) is 14.1. The van der Waals surface area contributed by atoms with E-state index < -0.39 is 5.41 Å². The van der Waals surface area contributed by atoms with Crippen LogP contribution in [0.3, 0.4) is 0 Å². The number of ketones is 2. The maximum absolute atomic E-state index is 12.8. The van der Waals surface area contributed by atoms with E-state index in [2.05, 4.69) is 20.8 Å². The third-order valence-corrected chi connectivity index (χ3v) is 5.94. The van der Waals surface area contributed by atoms with Crippen molar-refractivity contribution in [1.29, 1.82) is 0 Å². The van der Waals surface area contributed by atoms with Gasteiger partial charge in [-0.1, -0.05) is 40.0 Å². The average molecular weight is 264 g/mol. The van der Waals surface area contributed by atoms with Gasteiger partial charge in [0.15, 0.2) is 0 Å². The van der Waals surface area contributed by atoms with Crippen LogP contribution >= 0.6 is 0 Å². The zero-order valence-electron chi connectivity index (χ0n) is 12.8. The summed E-state index contributed by atoms with van der Waals surface area (Å²) in [7, 11) is 0. The Bertz CT molecular complexity index is 369. The largest absolute Gasteiger partial charge is 0.299 e. The van der Waals surface area contributed by atoms with Gasteiger partial charge in [-0.15, -0.1) is 0 Å². The Labute approximate surface area is 117 Å². The first-order valence-electron chi connectivity index (χ1n) is 7.95. The Hall–Kier alpha value is -0.660. The summed E-state index contributed by atoms with van der Waals surface area (Å²) in [6.45, 7) is 6.50. The van der Waals surface area contributed by atoms with Crippen LogP contribution < -0.4 is 0 Å². The Morgan fingerprint density at radius 1 is 0.895 bits per heavy atom. The highest BCUT2D eigenvalue weighted by atomic mass is 16.1. The van der Waals surface area contributed by atoms with Crippen LogP contribution in [-0.4, -0.2) is 11.6 Å². The maximum Gasteiger partial charge on any atom is 0.140 e. The maximum atomic E-state index is 12.8. The summed E-state index contributed by atoms with van der Waals surface area (Å²) < 4.78 is 0. The summed E-state index contributed by atoms with van der Waals surface area (Å²) in [5.74, 6) is 0.661. The Morgan fingerprint density at radius 3 is 2.32 bits per heavy atom. The summed E-state index contributed by atoms with van der Waals surface area (Å²) in [6, 6.07) is 0. The first kappa shape index (κ1) is 14.7. The van der Waals surface area contributed by atoms with Gasteiger partial charge in [0, 0.05) is 24.2 Å². The van der Waals surface area contributed by atoms with Crippen molar-refractivity contribution in [3.8, 4) is 0 Å². The average Bonchev–Trinajstić information content (AvgIpc) is 2.62. The normalized spacial score (nSPS) is 36.7. The molecule has 0 heterocycles. The van der Waals surface area contributed by atoms with Gasteiger partial charge < -0.3 is 0 Å². The molecular weight excluding hydrogens is 236 g/mol. The Balaban J connectivity index is 2.39. The predicted octanol–water partition coefficient (Wildman–Crippen LogP) is 4.31. The molecule has 2 saturated carbocycles. The lowest BCUT2D eigenvalue weighted by atomic mass is 9.55. The van der Waals surface area contributed by atoms with Gasteiger partial charge in [-0.2, -0.15) is 0 Å². The number of carbonyl (C=O) groups excluding carboxylic acids is 2. The van der Waals surface area contributed by atoms with Crippen LogP contribution in [0, 0.1) is 16.7 Å². The highest BCUT2D eigenvalue weighted by Crippen LogP contribution is 2.53. The van der Waals surface area contributed by atoms with Crippen molar-refractivity contribution in [2.45, 2.75) is 78.6 Å². The molecule has 0 spiro atoms. The van der Waals surface area contributed by atoms with Crippen molar-refractivity contribution in [1.82, 2.24) is 0 Å². The van der Waals surface area contributed by atoms with Crippen molar-refractivity contribution < 1.29 is 9.59 Å². The number of hydrogen-bond acceptors (Lipinski definition) is 2. The summed E-state index contributed by atoms with van der Waals surface area (Å²) in [5, 5.41) is 0. The van der Waals surface area contributed by atoms with E-state index in [1.54, 1.807) is 0 Å². The molecule has 0 aromatic heterocycles. The number of Topliss-reactive ketones (excluding diaryl/α,β-unsaturated/α-hetero) is 2. The van der Waals surface area contributed by atoms with E-state index in [0.717, 1.165) is 44.9 Å². The molecule has 0 radical (unpaired) electrons. The minimum atomic E-state index is -0.440. The van der Waals surface area contributed by atoms with Crippen LogP contribution in [0.1, 0.15) is 78.6 Å². The SMILES string of the molecule is CC1(C)CCCCC(=O)C1(C)C1CCCCCC1=O. The quantitative estimate of drug-likeness (QED) is 0.661. The highest BCUT2D eigenvalue weighted by Gasteiger charge is 2.54. The molecule has 0 N–H and O–H groups in total. The molecule has 2 unspecified atom stereocenters. The van der Waals surface area contributed by atoms with Gasteiger partial charge in [0.2, 0.25) is 0 Å². The van der Waals surface area contributed by atoms with E-state index in [-0.39, 0.29) is 11.3 Å². The minimum Gasteiger partial charge on any atom is -0.299 e. The first-order valence-corrected chi connectivity index (χ1v) is 7.95. The van der Waals surface area contributed by atoms with Crippen molar-refractivity contribution in [3.05, 3.63) is 0 Å². The van der Waals surface area contributed by atoms with Gasteiger partial charge in [-0.3, -0.25) is 9.59 Å². The minimum absolute atomic E-state index is 0.0319. The molecule has 0 saturated heterocycles. The first-order chi connectivity index (χ1) is 8.89. The zero-order valence-corrected chi connectivity index (χ0v) is 12.8. The summed E-state index contributed by atoms with van der Waals surface area (Å²) >= 11 is 0. The van der Waals surface area contributed by atoms with Gasteiger partial charge in [-0.25, -0.2) is 0 Å². The molecule has 19 heavy (non-hydrogen) atoms. The molecule has 2 fully saturated rings. The van der Waals surface area contributed by atoms with Gasteiger partial charge in [0.25, 0.3) is 0 Å². The van der Waals surface area contributed by atoms with Crippen LogP contribution in [0.5, 0.6) is 0 Å². The summed E-state index contributed by atoms with van der Waals surface area (Å²) in [4.78, 5) is 25.3. The molecule has 0 aliphatic heterocycles. The predicted molar refractivity (Wildman–Crippen MR) is 76.9 cm³/mol. The molecule has 2 heteroatoms. The Morgan fingerprint density at radius 2 is 1.58 bits per heavy atom. The third kappa shape index (κ3) is 2.51. The van der Waals surface area contributed by atoms with Gasteiger partial charge in [0.1, 0.15) is 11.6 Å². The lowest BCUT2D eigenvalue weighted by molar-refractivity contribution is -0.147. The van der Waals surface area contributed by atoms with E-state index in [9.17, 15) is 9.59 Å². The molecule has 2 aliphatic rings. The number of rotatable bonds is 1. The third-order valence-electron chi connectivity index (χ3n) is 5.94. The van der Waals surface area contributed by atoms with E-state index in [0.29, 0.717) is 24.4 Å². The molecule has 0 amide bonds. The van der Waals surface area contributed by atoms with E-state index >= 15 is 0 Å².